The lowest BCUT2D eigenvalue weighted by atomic mass is 9.91. The normalized spacial score (nSPS) is 22.6. The van der Waals surface area contributed by atoms with E-state index in [9.17, 15) is 19.7 Å². The lowest BCUT2D eigenvalue weighted by Crippen LogP contribution is -2.57. The first-order chi connectivity index (χ1) is 13.9. The van der Waals surface area contributed by atoms with Gasteiger partial charge in [-0.05, 0) is 19.0 Å². The maximum absolute atomic E-state index is 12.8. The van der Waals surface area contributed by atoms with Crippen LogP contribution in [-0.4, -0.2) is 71.9 Å². The highest BCUT2D eigenvalue weighted by molar-refractivity contribution is 6.08. The largest absolute Gasteiger partial charge is 0.465 e. The van der Waals surface area contributed by atoms with Crippen molar-refractivity contribution in [1.82, 2.24) is 15.1 Å². The highest BCUT2D eigenvalue weighted by Gasteiger charge is 2.42. The number of piperazine rings is 1. The van der Waals surface area contributed by atoms with Crippen LogP contribution < -0.4 is 5.32 Å². The highest BCUT2D eigenvalue weighted by Crippen LogP contribution is 2.32. The van der Waals surface area contributed by atoms with Crippen molar-refractivity contribution < 1.29 is 19.2 Å². The van der Waals surface area contributed by atoms with E-state index in [2.05, 4.69) is 22.1 Å². The van der Waals surface area contributed by atoms with Gasteiger partial charge in [-0.25, -0.2) is 4.99 Å². The Kier molecular flexibility index (Phi) is 6.42. The van der Waals surface area contributed by atoms with E-state index in [4.69, 9.17) is 4.74 Å². The van der Waals surface area contributed by atoms with Crippen LogP contribution in [0, 0.1) is 16.0 Å². The Balaban J connectivity index is 1.92. The summed E-state index contributed by atoms with van der Waals surface area (Å²) < 4.78 is 5.08. The SMILES string of the molecule is CCOC(=O)[C@H]1C(=O)NC(N2CCN(CC)CC2)=N[C@@H]1c1ccc([N+](=O)[O-])cc1. The van der Waals surface area contributed by atoms with Crippen molar-refractivity contribution in [2.75, 3.05) is 39.3 Å². The lowest BCUT2D eigenvalue weighted by molar-refractivity contribution is -0.384. The third-order valence-corrected chi connectivity index (χ3v) is 5.20. The van der Waals surface area contributed by atoms with Crippen molar-refractivity contribution >= 4 is 23.5 Å². The summed E-state index contributed by atoms with van der Waals surface area (Å²) in [5.41, 5.74) is 0.481. The quantitative estimate of drug-likeness (QED) is 0.336. The fourth-order valence-electron chi connectivity index (χ4n) is 3.53. The van der Waals surface area contributed by atoms with Gasteiger partial charge in [-0.2, -0.15) is 0 Å². The van der Waals surface area contributed by atoms with Crippen molar-refractivity contribution in [2.45, 2.75) is 19.9 Å². The molecule has 1 fully saturated rings. The maximum Gasteiger partial charge on any atom is 0.321 e. The summed E-state index contributed by atoms with van der Waals surface area (Å²) in [7, 11) is 0. The van der Waals surface area contributed by atoms with Crippen LogP contribution in [-0.2, 0) is 14.3 Å². The molecule has 0 saturated carbocycles. The summed E-state index contributed by atoms with van der Waals surface area (Å²) in [4.78, 5) is 44.6. The molecule has 1 aromatic rings. The molecule has 3 rings (SSSR count). The number of esters is 1. The maximum atomic E-state index is 12.8. The first kappa shape index (κ1) is 20.7. The molecule has 29 heavy (non-hydrogen) atoms. The topological polar surface area (TPSA) is 117 Å². The van der Waals surface area contributed by atoms with Crippen LogP contribution in [0.5, 0.6) is 0 Å². The number of nitrogens with one attached hydrogen (secondary N) is 1. The Labute approximate surface area is 168 Å². The standard InChI is InChI=1S/C19H25N5O5/c1-3-22-9-11-23(12-10-22)19-20-16(13-5-7-14(8-6-13)24(27)28)15(17(25)21-19)18(26)29-4-2/h5-8,15-16H,3-4,9-12H2,1-2H3,(H,20,21,25)/t15-,16-/m1/s1. The van der Waals surface area contributed by atoms with Crippen LogP contribution in [0.3, 0.4) is 0 Å². The van der Waals surface area contributed by atoms with E-state index < -0.39 is 28.8 Å². The fourth-order valence-corrected chi connectivity index (χ4v) is 3.53. The zero-order valence-electron chi connectivity index (χ0n) is 16.5. The van der Waals surface area contributed by atoms with Crippen molar-refractivity contribution in [1.29, 1.82) is 0 Å². The summed E-state index contributed by atoms with van der Waals surface area (Å²) >= 11 is 0. The summed E-state index contributed by atoms with van der Waals surface area (Å²) in [5.74, 6) is -1.85. The number of aliphatic imine (C=N–C) groups is 1. The van der Waals surface area contributed by atoms with Gasteiger partial charge >= 0.3 is 5.97 Å². The van der Waals surface area contributed by atoms with Crippen LogP contribution in [0.2, 0.25) is 0 Å². The van der Waals surface area contributed by atoms with E-state index >= 15 is 0 Å². The van der Waals surface area contributed by atoms with E-state index in [0.717, 1.165) is 19.6 Å². The number of carbonyl (C=O) groups is 2. The number of non-ortho nitro benzene ring substituents is 1. The van der Waals surface area contributed by atoms with Crippen LogP contribution >= 0.6 is 0 Å². The molecule has 1 N–H and O–H groups in total. The predicted molar refractivity (Wildman–Crippen MR) is 105 cm³/mol. The highest BCUT2D eigenvalue weighted by atomic mass is 16.6. The van der Waals surface area contributed by atoms with Gasteiger partial charge in [-0.3, -0.25) is 25.0 Å². The Morgan fingerprint density at radius 1 is 1.24 bits per heavy atom. The molecule has 10 heteroatoms. The number of guanidine groups is 1. The zero-order chi connectivity index (χ0) is 21.0. The number of carbonyl (C=O) groups excluding carboxylic acids is 2. The van der Waals surface area contributed by atoms with E-state index in [0.29, 0.717) is 24.6 Å². The average molecular weight is 403 g/mol. The van der Waals surface area contributed by atoms with Gasteiger partial charge in [-0.15, -0.1) is 0 Å². The molecule has 0 spiro atoms. The van der Waals surface area contributed by atoms with Gasteiger partial charge in [0.25, 0.3) is 5.69 Å². The molecule has 2 atom stereocenters. The van der Waals surface area contributed by atoms with Crippen LogP contribution in [0.4, 0.5) is 5.69 Å². The smallest absolute Gasteiger partial charge is 0.321 e. The van der Waals surface area contributed by atoms with Crippen molar-refractivity contribution in [3.63, 3.8) is 0 Å². The van der Waals surface area contributed by atoms with Gasteiger partial charge in [0.05, 0.1) is 11.5 Å². The minimum absolute atomic E-state index is 0.0680. The monoisotopic (exact) mass is 403 g/mol. The molecule has 2 aliphatic heterocycles. The molecule has 0 unspecified atom stereocenters. The Morgan fingerprint density at radius 2 is 1.90 bits per heavy atom. The van der Waals surface area contributed by atoms with Crippen LogP contribution in [0.15, 0.2) is 29.3 Å². The van der Waals surface area contributed by atoms with E-state index in [1.165, 1.54) is 24.3 Å². The summed E-state index contributed by atoms with van der Waals surface area (Å²) in [5, 5.41) is 13.7. The van der Waals surface area contributed by atoms with Gasteiger partial charge in [0, 0.05) is 38.3 Å². The predicted octanol–water partition coefficient (Wildman–Crippen LogP) is 0.939. The molecule has 10 nitrogen and oxygen atoms in total. The molecule has 1 aromatic carbocycles. The van der Waals surface area contributed by atoms with E-state index in [1.807, 2.05) is 4.90 Å². The second-order valence-corrected chi connectivity index (χ2v) is 6.89. The number of rotatable bonds is 5. The fraction of sp³-hybridized carbons (Fsp3) is 0.526. The second-order valence-electron chi connectivity index (χ2n) is 6.89. The number of ether oxygens (including phenoxy) is 1. The number of benzene rings is 1. The molecule has 0 aliphatic carbocycles. The molecule has 0 bridgehead atoms. The summed E-state index contributed by atoms with van der Waals surface area (Å²) in [6.07, 6.45) is 0. The van der Waals surface area contributed by atoms with Gasteiger partial charge < -0.3 is 14.5 Å². The first-order valence-electron chi connectivity index (χ1n) is 9.71. The molecule has 1 saturated heterocycles. The summed E-state index contributed by atoms with van der Waals surface area (Å²) in [6, 6.07) is 4.95. The third kappa shape index (κ3) is 4.53. The minimum atomic E-state index is -1.14. The second kappa shape index (κ2) is 8.99. The summed E-state index contributed by atoms with van der Waals surface area (Å²) in [6.45, 7) is 8.01. The van der Waals surface area contributed by atoms with Crippen molar-refractivity contribution in [2.24, 2.45) is 10.9 Å². The van der Waals surface area contributed by atoms with Gasteiger partial charge in [-0.1, -0.05) is 19.1 Å². The Hall–Kier alpha value is -3.01. The first-order valence-corrected chi connectivity index (χ1v) is 9.71. The van der Waals surface area contributed by atoms with Gasteiger partial charge in [0.2, 0.25) is 11.9 Å². The van der Waals surface area contributed by atoms with Crippen LogP contribution in [0.1, 0.15) is 25.5 Å². The molecule has 0 radical (unpaired) electrons. The minimum Gasteiger partial charge on any atom is -0.465 e. The van der Waals surface area contributed by atoms with Gasteiger partial charge in [0.1, 0.15) is 6.04 Å². The van der Waals surface area contributed by atoms with Gasteiger partial charge in [0.15, 0.2) is 5.92 Å². The zero-order valence-corrected chi connectivity index (χ0v) is 16.5. The van der Waals surface area contributed by atoms with Crippen LogP contribution in [0.25, 0.3) is 0 Å². The number of amides is 1. The average Bonchev–Trinajstić information content (AvgIpc) is 2.73. The molecule has 1 amide bonds. The lowest BCUT2D eigenvalue weighted by Gasteiger charge is -2.38. The number of likely N-dealkylation sites (N-methyl/N-ethyl adjacent to an activating group) is 1. The molecular weight excluding hydrogens is 378 g/mol. The Bertz CT molecular complexity index is 802. The number of nitrogens with zero attached hydrogens (tertiary/aromatic N) is 4. The van der Waals surface area contributed by atoms with E-state index in [-0.39, 0.29) is 12.3 Å². The van der Waals surface area contributed by atoms with E-state index in [1.54, 1.807) is 6.92 Å². The molecule has 2 aliphatic rings. The van der Waals surface area contributed by atoms with Crippen molar-refractivity contribution in [3.8, 4) is 0 Å². The number of nitro groups is 1. The van der Waals surface area contributed by atoms with Crippen molar-refractivity contribution in [3.05, 3.63) is 39.9 Å². The Morgan fingerprint density at radius 3 is 2.45 bits per heavy atom. The number of hydrogen-bond donors (Lipinski definition) is 1. The molecule has 156 valence electrons. The molecule has 0 aromatic heterocycles. The number of nitro benzene ring substituents is 1. The molecule has 2 heterocycles. The number of hydrogen-bond acceptors (Lipinski definition) is 8. The molecular formula is C19H25N5O5. The third-order valence-electron chi connectivity index (χ3n) is 5.20.